The molecule has 0 bridgehead atoms. The zero-order chi connectivity index (χ0) is 14.1. The molecule has 0 aliphatic heterocycles. The summed E-state index contributed by atoms with van der Waals surface area (Å²) >= 11 is 0. The Balaban J connectivity index is 1.74. The van der Waals surface area contributed by atoms with E-state index < -0.39 is 0 Å². The van der Waals surface area contributed by atoms with E-state index in [-0.39, 0.29) is 0 Å². The lowest BCUT2D eigenvalue weighted by atomic mass is 9.93. The van der Waals surface area contributed by atoms with Crippen molar-refractivity contribution < 1.29 is 0 Å². The highest BCUT2D eigenvalue weighted by Gasteiger charge is 2.32. The van der Waals surface area contributed by atoms with E-state index in [9.17, 15) is 0 Å². The molecule has 2 saturated carbocycles. The Hall–Kier alpha value is -0.990. The highest BCUT2D eigenvalue weighted by molar-refractivity contribution is 5.32. The van der Waals surface area contributed by atoms with Gasteiger partial charge in [-0.3, -0.25) is 0 Å². The summed E-state index contributed by atoms with van der Waals surface area (Å²) in [6.07, 6.45) is 11.6. The maximum Gasteiger partial charge on any atom is 0.203 e. The average molecular weight is 275 g/mol. The largest absolute Gasteiger partial charge is 0.353 e. The number of imidazole rings is 1. The molecule has 0 radical (unpaired) electrons. The second-order valence-corrected chi connectivity index (χ2v) is 6.91. The van der Waals surface area contributed by atoms with Crippen LogP contribution in [0.1, 0.15) is 70.5 Å². The number of rotatable bonds is 4. The zero-order valence-corrected chi connectivity index (χ0v) is 13.2. The van der Waals surface area contributed by atoms with Gasteiger partial charge in [0.2, 0.25) is 5.95 Å². The summed E-state index contributed by atoms with van der Waals surface area (Å²) in [7, 11) is 0. The van der Waals surface area contributed by atoms with Crippen molar-refractivity contribution in [2.75, 3.05) is 5.32 Å². The molecule has 2 fully saturated rings. The van der Waals surface area contributed by atoms with E-state index >= 15 is 0 Å². The van der Waals surface area contributed by atoms with Gasteiger partial charge in [-0.05, 0) is 44.4 Å². The van der Waals surface area contributed by atoms with Gasteiger partial charge < -0.3 is 9.88 Å². The molecule has 1 aromatic rings. The van der Waals surface area contributed by atoms with Crippen molar-refractivity contribution in [1.29, 1.82) is 0 Å². The van der Waals surface area contributed by atoms with Gasteiger partial charge in [0.1, 0.15) is 0 Å². The summed E-state index contributed by atoms with van der Waals surface area (Å²) in [5.41, 5.74) is 1.15. The highest BCUT2D eigenvalue weighted by Crippen LogP contribution is 2.37. The highest BCUT2D eigenvalue weighted by atomic mass is 15.2. The van der Waals surface area contributed by atoms with Gasteiger partial charge in [-0.2, -0.15) is 0 Å². The Kier molecular flexibility index (Phi) is 4.04. The van der Waals surface area contributed by atoms with E-state index in [2.05, 4.69) is 36.9 Å². The van der Waals surface area contributed by atoms with Crippen LogP contribution in [0.25, 0.3) is 0 Å². The lowest BCUT2D eigenvalue weighted by Gasteiger charge is -2.23. The van der Waals surface area contributed by atoms with Gasteiger partial charge in [0, 0.05) is 18.3 Å². The molecule has 3 nitrogen and oxygen atoms in total. The van der Waals surface area contributed by atoms with E-state index in [0.717, 1.165) is 23.5 Å². The molecule has 2 aliphatic carbocycles. The molecular weight excluding hydrogens is 246 g/mol. The minimum Gasteiger partial charge on any atom is -0.353 e. The second-order valence-electron chi connectivity index (χ2n) is 6.91. The lowest BCUT2D eigenvalue weighted by Crippen LogP contribution is -2.26. The quantitative estimate of drug-likeness (QED) is 0.874. The summed E-state index contributed by atoms with van der Waals surface area (Å²) in [6.45, 7) is 6.85. The first kappa shape index (κ1) is 14.0. The van der Waals surface area contributed by atoms with Gasteiger partial charge in [0.05, 0.1) is 5.69 Å². The van der Waals surface area contributed by atoms with Crippen LogP contribution in [-0.2, 0) is 0 Å². The molecule has 3 atom stereocenters. The Morgan fingerprint density at radius 1 is 1.25 bits per heavy atom. The van der Waals surface area contributed by atoms with E-state index in [1.165, 1.54) is 44.9 Å². The number of nitrogens with zero attached hydrogens (tertiary/aromatic N) is 2. The first-order valence-corrected chi connectivity index (χ1v) is 8.51. The molecule has 3 rings (SSSR count). The minimum atomic E-state index is 0.613. The van der Waals surface area contributed by atoms with Crippen LogP contribution in [0.2, 0.25) is 0 Å². The molecule has 1 heterocycles. The SMILES string of the molecule is CCC1CCC(Nc2nc(C)cn2C2CCCC2)C1C. The van der Waals surface area contributed by atoms with Crippen molar-refractivity contribution in [3.63, 3.8) is 0 Å². The first-order chi connectivity index (χ1) is 9.69. The topological polar surface area (TPSA) is 29.9 Å². The molecule has 1 N–H and O–H groups in total. The number of hydrogen-bond donors (Lipinski definition) is 1. The van der Waals surface area contributed by atoms with Crippen LogP contribution >= 0.6 is 0 Å². The molecule has 2 aliphatic rings. The minimum absolute atomic E-state index is 0.613. The predicted molar refractivity (Wildman–Crippen MR) is 84.1 cm³/mol. The van der Waals surface area contributed by atoms with Crippen molar-refractivity contribution in [1.82, 2.24) is 9.55 Å². The van der Waals surface area contributed by atoms with Crippen LogP contribution in [-0.4, -0.2) is 15.6 Å². The summed E-state index contributed by atoms with van der Waals surface area (Å²) in [5.74, 6) is 2.79. The normalized spacial score (nSPS) is 31.1. The van der Waals surface area contributed by atoms with E-state index in [1.807, 2.05) is 0 Å². The van der Waals surface area contributed by atoms with Gasteiger partial charge in [0.15, 0.2) is 0 Å². The Bertz CT molecular complexity index is 445. The van der Waals surface area contributed by atoms with E-state index in [4.69, 9.17) is 4.98 Å². The number of hydrogen-bond acceptors (Lipinski definition) is 2. The Morgan fingerprint density at radius 3 is 2.65 bits per heavy atom. The first-order valence-electron chi connectivity index (χ1n) is 8.51. The molecule has 20 heavy (non-hydrogen) atoms. The maximum atomic E-state index is 4.76. The smallest absolute Gasteiger partial charge is 0.203 e. The lowest BCUT2D eigenvalue weighted by molar-refractivity contribution is 0.390. The van der Waals surface area contributed by atoms with E-state index in [0.29, 0.717) is 12.1 Å². The fraction of sp³-hybridized carbons (Fsp3) is 0.824. The van der Waals surface area contributed by atoms with Crippen molar-refractivity contribution in [2.24, 2.45) is 11.8 Å². The van der Waals surface area contributed by atoms with Crippen LogP contribution in [0.3, 0.4) is 0 Å². The molecule has 0 aromatic carbocycles. The molecule has 0 amide bonds. The summed E-state index contributed by atoms with van der Waals surface area (Å²) in [5, 5.41) is 3.77. The van der Waals surface area contributed by atoms with Crippen molar-refractivity contribution >= 4 is 5.95 Å². The van der Waals surface area contributed by atoms with Gasteiger partial charge in [-0.15, -0.1) is 0 Å². The fourth-order valence-electron chi connectivity index (χ4n) is 4.28. The summed E-state index contributed by atoms with van der Waals surface area (Å²) < 4.78 is 2.42. The molecular formula is C17H29N3. The molecule has 1 aromatic heterocycles. The molecule has 3 heteroatoms. The van der Waals surface area contributed by atoms with Gasteiger partial charge in [0.25, 0.3) is 0 Å². The van der Waals surface area contributed by atoms with Gasteiger partial charge >= 0.3 is 0 Å². The summed E-state index contributed by atoms with van der Waals surface area (Å²) in [4.78, 5) is 4.76. The fourth-order valence-corrected chi connectivity index (χ4v) is 4.28. The molecule has 0 saturated heterocycles. The van der Waals surface area contributed by atoms with Gasteiger partial charge in [-0.1, -0.05) is 33.1 Å². The van der Waals surface area contributed by atoms with Crippen molar-refractivity contribution in [3.05, 3.63) is 11.9 Å². The van der Waals surface area contributed by atoms with Crippen LogP contribution in [0.15, 0.2) is 6.20 Å². The third-order valence-corrected chi connectivity index (χ3v) is 5.64. The van der Waals surface area contributed by atoms with E-state index in [1.54, 1.807) is 0 Å². The zero-order valence-electron chi connectivity index (χ0n) is 13.2. The third-order valence-electron chi connectivity index (χ3n) is 5.64. The molecule has 0 spiro atoms. The van der Waals surface area contributed by atoms with Crippen molar-refractivity contribution in [2.45, 2.75) is 77.8 Å². The average Bonchev–Trinajstić information content (AvgIpc) is 3.12. The molecule has 112 valence electrons. The maximum absolute atomic E-state index is 4.76. The third kappa shape index (κ3) is 2.59. The summed E-state index contributed by atoms with van der Waals surface area (Å²) in [6, 6.07) is 1.29. The Labute approximate surface area is 123 Å². The molecule has 3 unspecified atom stereocenters. The predicted octanol–water partition coefficient (Wildman–Crippen LogP) is 4.54. The number of anilines is 1. The van der Waals surface area contributed by atoms with Crippen LogP contribution < -0.4 is 5.32 Å². The van der Waals surface area contributed by atoms with Crippen LogP contribution in [0, 0.1) is 18.8 Å². The van der Waals surface area contributed by atoms with Crippen molar-refractivity contribution in [3.8, 4) is 0 Å². The number of aryl methyl sites for hydroxylation is 1. The standard InChI is InChI=1S/C17H29N3/c1-4-14-9-10-16(13(14)3)19-17-18-12(2)11-20(17)15-7-5-6-8-15/h11,13-16H,4-10H2,1-3H3,(H,18,19). The number of aromatic nitrogens is 2. The van der Waals surface area contributed by atoms with Crippen LogP contribution in [0.4, 0.5) is 5.95 Å². The van der Waals surface area contributed by atoms with Crippen LogP contribution in [0.5, 0.6) is 0 Å². The second kappa shape index (κ2) is 5.79. The monoisotopic (exact) mass is 275 g/mol. The Morgan fingerprint density at radius 2 is 2.00 bits per heavy atom. The number of nitrogens with one attached hydrogen (secondary N) is 1. The van der Waals surface area contributed by atoms with Gasteiger partial charge in [-0.25, -0.2) is 4.98 Å².